The summed E-state index contributed by atoms with van der Waals surface area (Å²) in [6, 6.07) is 19.1. The Morgan fingerprint density at radius 3 is 2.23 bits per heavy atom. The van der Waals surface area contributed by atoms with Gasteiger partial charge in [0.25, 0.3) is 0 Å². The average molecular weight is 623 g/mol. The minimum atomic E-state index is -2.14. The van der Waals surface area contributed by atoms with E-state index < -0.39 is 14.2 Å². The second-order valence-electron chi connectivity index (χ2n) is 13.0. The fourth-order valence-corrected chi connectivity index (χ4v) is 6.27. The third-order valence-electron chi connectivity index (χ3n) is 8.67. The summed E-state index contributed by atoms with van der Waals surface area (Å²) >= 11 is 0. The van der Waals surface area contributed by atoms with Gasteiger partial charge in [-0.2, -0.15) is 0 Å². The smallest absolute Gasteiger partial charge is 0.225 e. The Morgan fingerprint density at radius 2 is 1.61 bits per heavy atom. The first-order valence-corrected chi connectivity index (χ1v) is 18.0. The van der Waals surface area contributed by atoms with Crippen LogP contribution in [0.3, 0.4) is 0 Å². The molecule has 0 fully saturated rings. The van der Waals surface area contributed by atoms with Crippen LogP contribution in [0.1, 0.15) is 67.5 Å². The number of aliphatic hydroxyl groups excluding tert-OH is 1. The van der Waals surface area contributed by atoms with Gasteiger partial charge in [0, 0.05) is 18.2 Å². The number of carbonyl (C=O) groups is 1. The van der Waals surface area contributed by atoms with Gasteiger partial charge in [-0.25, -0.2) is 0 Å². The quantitative estimate of drug-likeness (QED) is 0.153. The van der Waals surface area contributed by atoms with E-state index in [9.17, 15) is 15.0 Å². The zero-order chi connectivity index (χ0) is 32.7. The summed E-state index contributed by atoms with van der Waals surface area (Å²) in [6.45, 7) is 13.5. The van der Waals surface area contributed by atoms with Gasteiger partial charge < -0.3 is 35.2 Å². The summed E-state index contributed by atoms with van der Waals surface area (Å²) in [5, 5.41) is 23.5. The van der Waals surface area contributed by atoms with Crippen LogP contribution in [0.2, 0.25) is 18.1 Å². The van der Waals surface area contributed by atoms with Crippen LogP contribution >= 0.6 is 0 Å². The second-order valence-corrected chi connectivity index (χ2v) is 17.8. The van der Waals surface area contributed by atoms with E-state index in [1.54, 1.807) is 20.3 Å². The van der Waals surface area contributed by atoms with Crippen LogP contribution in [0.4, 0.5) is 0 Å². The maximum absolute atomic E-state index is 12.6. The van der Waals surface area contributed by atoms with Crippen LogP contribution in [-0.4, -0.2) is 51.2 Å². The van der Waals surface area contributed by atoms with Crippen molar-refractivity contribution in [2.75, 3.05) is 20.8 Å². The van der Waals surface area contributed by atoms with E-state index in [1.807, 2.05) is 42.5 Å². The van der Waals surface area contributed by atoms with Crippen molar-refractivity contribution in [1.82, 2.24) is 5.32 Å². The summed E-state index contributed by atoms with van der Waals surface area (Å²) in [5.74, 6) is 0.437. The second kappa shape index (κ2) is 15.1. The lowest BCUT2D eigenvalue weighted by molar-refractivity contribution is -0.119. The summed E-state index contributed by atoms with van der Waals surface area (Å²) in [7, 11) is 1.04. The van der Waals surface area contributed by atoms with Gasteiger partial charge in [-0.15, -0.1) is 0 Å². The number of nitrogens with two attached hydrogens (primary N) is 1. The molecular weight excluding hydrogens is 572 g/mol. The molecule has 0 bridgehead atoms. The van der Waals surface area contributed by atoms with Crippen LogP contribution < -0.4 is 20.5 Å². The largest absolute Gasteiger partial charge is 0.508 e. The molecule has 44 heavy (non-hydrogen) atoms. The van der Waals surface area contributed by atoms with Crippen molar-refractivity contribution in [3.05, 3.63) is 88.5 Å². The Morgan fingerprint density at radius 1 is 0.932 bits per heavy atom. The van der Waals surface area contributed by atoms with Crippen molar-refractivity contribution < 1.29 is 28.9 Å². The number of carbonyl (C=O) groups excluding carboxylic acids is 1. The first-order valence-electron chi connectivity index (χ1n) is 15.1. The number of benzene rings is 3. The molecule has 0 aliphatic heterocycles. The molecule has 0 aromatic heterocycles. The fourth-order valence-electron chi connectivity index (χ4n) is 4.99. The standard InChI is InChI=1S/C35H50N2O6Si/c1-23(37-21-33(43-44(7,8)35(2,3)4)27-13-14-30(39)28(20-27)22-38)16-24-10-9-11-26(17-24)29(34(36)40)18-25-12-15-31(41-5)32(19-25)42-6/h9-15,17,19-20,23,29,33,37-39H,16,18,21-22H2,1-8H3,(H2,36,40)/t23-,29?,33+/m1/s1. The monoisotopic (exact) mass is 622 g/mol. The number of ether oxygens (including phenoxy) is 2. The molecule has 1 amide bonds. The third-order valence-corrected chi connectivity index (χ3v) is 13.2. The minimum absolute atomic E-state index is 0.0158. The molecule has 1 unspecified atom stereocenters. The molecule has 0 aliphatic carbocycles. The molecule has 3 atom stereocenters. The number of aromatic hydroxyl groups is 1. The van der Waals surface area contributed by atoms with E-state index >= 15 is 0 Å². The van der Waals surface area contributed by atoms with Crippen LogP contribution in [-0.2, 0) is 28.7 Å². The first kappa shape index (κ1) is 35.1. The van der Waals surface area contributed by atoms with Crippen molar-refractivity contribution in [2.45, 2.75) is 83.3 Å². The molecule has 5 N–H and O–H groups in total. The van der Waals surface area contributed by atoms with Crippen molar-refractivity contribution in [3.8, 4) is 17.2 Å². The number of methoxy groups -OCH3 is 2. The zero-order valence-corrected chi connectivity index (χ0v) is 28.4. The summed E-state index contributed by atoms with van der Waals surface area (Å²) in [5.41, 5.74) is 10.2. The molecule has 0 heterocycles. The number of primary amides is 1. The molecule has 0 aliphatic rings. The maximum atomic E-state index is 12.6. The topological polar surface area (TPSA) is 123 Å². The van der Waals surface area contributed by atoms with Gasteiger partial charge in [0.2, 0.25) is 5.91 Å². The molecule has 3 rings (SSSR count). The molecule has 0 spiro atoms. The zero-order valence-electron chi connectivity index (χ0n) is 27.4. The lowest BCUT2D eigenvalue weighted by Gasteiger charge is -2.40. The highest BCUT2D eigenvalue weighted by Crippen LogP contribution is 2.40. The number of rotatable bonds is 15. The summed E-state index contributed by atoms with van der Waals surface area (Å²) in [6.07, 6.45) is 0.929. The van der Waals surface area contributed by atoms with E-state index in [4.69, 9.17) is 19.6 Å². The Balaban J connectivity index is 1.76. The van der Waals surface area contributed by atoms with Crippen molar-refractivity contribution in [2.24, 2.45) is 5.73 Å². The maximum Gasteiger partial charge on any atom is 0.225 e. The van der Waals surface area contributed by atoms with E-state index in [0.717, 1.165) is 28.7 Å². The molecule has 9 heteroatoms. The summed E-state index contributed by atoms with van der Waals surface area (Å²) in [4.78, 5) is 12.6. The Bertz CT molecular complexity index is 1400. The number of aliphatic hydroxyl groups is 1. The number of phenols is 1. The van der Waals surface area contributed by atoms with Crippen molar-refractivity contribution >= 4 is 14.2 Å². The highest BCUT2D eigenvalue weighted by atomic mass is 28.4. The van der Waals surface area contributed by atoms with E-state index in [2.05, 4.69) is 58.2 Å². The predicted octanol–water partition coefficient (Wildman–Crippen LogP) is 6.00. The van der Waals surface area contributed by atoms with Gasteiger partial charge in [0.1, 0.15) is 5.75 Å². The lowest BCUT2D eigenvalue weighted by atomic mass is 9.89. The SMILES string of the molecule is COc1ccc(CC(C(N)=O)c2cccc(C[C@@H](C)NC[C@H](O[Si](C)(C)C(C)(C)C)c3ccc(O)c(CO)c3)c2)cc1OC. The van der Waals surface area contributed by atoms with Gasteiger partial charge >= 0.3 is 0 Å². The van der Waals surface area contributed by atoms with Crippen LogP contribution in [0.5, 0.6) is 17.2 Å². The molecule has 0 saturated heterocycles. The molecular formula is C35H50N2O6Si. The van der Waals surface area contributed by atoms with Crippen LogP contribution in [0, 0.1) is 0 Å². The highest BCUT2D eigenvalue weighted by Gasteiger charge is 2.39. The Hall–Kier alpha value is -3.37. The van der Waals surface area contributed by atoms with Gasteiger partial charge in [0.15, 0.2) is 19.8 Å². The van der Waals surface area contributed by atoms with Crippen LogP contribution in [0.25, 0.3) is 0 Å². The van der Waals surface area contributed by atoms with E-state index in [1.165, 1.54) is 0 Å². The number of hydrogen-bond donors (Lipinski definition) is 4. The normalized spacial score (nSPS) is 14.1. The van der Waals surface area contributed by atoms with Crippen molar-refractivity contribution in [3.63, 3.8) is 0 Å². The summed E-state index contributed by atoms with van der Waals surface area (Å²) < 4.78 is 17.6. The van der Waals surface area contributed by atoms with Gasteiger partial charge in [-0.05, 0) is 84.4 Å². The minimum Gasteiger partial charge on any atom is -0.508 e. The average Bonchev–Trinajstić information content (AvgIpc) is 2.97. The van der Waals surface area contributed by atoms with E-state index in [-0.39, 0.29) is 35.4 Å². The van der Waals surface area contributed by atoms with Crippen molar-refractivity contribution in [1.29, 1.82) is 0 Å². The predicted molar refractivity (Wildman–Crippen MR) is 178 cm³/mol. The Labute approximate surface area is 263 Å². The molecule has 240 valence electrons. The highest BCUT2D eigenvalue weighted by molar-refractivity contribution is 6.74. The molecule has 0 radical (unpaired) electrons. The Kier molecular flexibility index (Phi) is 12.0. The molecule has 3 aromatic rings. The van der Waals surface area contributed by atoms with Crippen LogP contribution in [0.15, 0.2) is 60.7 Å². The number of amides is 1. The number of hydrogen-bond acceptors (Lipinski definition) is 7. The van der Waals surface area contributed by atoms with Gasteiger partial charge in [-0.1, -0.05) is 57.2 Å². The van der Waals surface area contributed by atoms with Gasteiger partial charge in [-0.3, -0.25) is 4.79 Å². The fraction of sp³-hybridized carbons (Fsp3) is 0.457. The first-order chi connectivity index (χ1) is 20.7. The molecule has 8 nitrogen and oxygen atoms in total. The molecule has 0 saturated carbocycles. The number of nitrogens with one attached hydrogen (secondary N) is 1. The van der Waals surface area contributed by atoms with E-state index in [0.29, 0.717) is 30.0 Å². The lowest BCUT2D eigenvalue weighted by Crippen LogP contribution is -2.44. The van der Waals surface area contributed by atoms with Gasteiger partial charge in [0.05, 0.1) is 32.8 Å². The molecule has 3 aromatic carbocycles. The third kappa shape index (κ3) is 9.08.